The van der Waals surface area contributed by atoms with Crippen molar-refractivity contribution in [3.63, 3.8) is 0 Å². The first-order valence-corrected chi connectivity index (χ1v) is 14.3. The molecule has 0 saturated carbocycles. The van der Waals surface area contributed by atoms with Gasteiger partial charge in [0.2, 0.25) is 15.9 Å². The molecule has 1 saturated heterocycles. The van der Waals surface area contributed by atoms with Crippen LogP contribution >= 0.6 is 0 Å². The van der Waals surface area contributed by atoms with Crippen LogP contribution in [-0.2, 0) is 30.8 Å². The molecule has 0 spiro atoms. The van der Waals surface area contributed by atoms with Gasteiger partial charge in [-0.05, 0) is 49.1 Å². The average molecular weight is 601 g/mol. The molecule has 2 aromatic rings. The molecule has 17 heteroatoms. The molecule has 0 radical (unpaired) electrons. The highest BCUT2D eigenvalue weighted by molar-refractivity contribution is 7.89. The smallest absolute Gasteiger partial charge is 0.534 e. The van der Waals surface area contributed by atoms with E-state index < -0.39 is 58.8 Å². The van der Waals surface area contributed by atoms with Gasteiger partial charge in [0, 0.05) is 19.6 Å². The van der Waals surface area contributed by atoms with Crippen LogP contribution in [0.25, 0.3) is 0 Å². The number of nitrogens with one attached hydrogen (secondary N) is 2. The first-order valence-electron chi connectivity index (χ1n) is 12.8. The predicted molar refractivity (Wildman–Crippen MR) is 145 cm³/mol. The monoisotopic (exact) mass is 601 g/mol. The van der Waals surface area contributed by atoms with Crippen molar-refractivity contribution in [2.75, 3.05) is 19.6 Å². The molecule has 2 heterocycles. The van der Waals surface area contributed by atoms with Crippen molar-refractivity contribution in [1.82, 2.24) is 20.4 Å². The lowest BCUT2D eigenvalue weighted by Gasteiger charge is -2.33. The molecule has 42 heavy (non-hydrogen) atoms. The van der Waals surface area contributed by atoms with Gasteiger partial charge in [0.15, 0.2) is 0 Å². The predicted octanol–water partition coefficient (Wildman–Crippen LogP) is -1.08. The van der Waals surface area contributed by atoms with Gasteiger partial charge in [-0.2, -0.15) is 0 Å². The lowest BCUT2D eigenvalue weighted by Crippen LogP contribution is -2.60. The Bertz CT molecular complexity index is 1580. The number of carboxylic acid groups (broad SMARTS) is 1. The minimum absolute atomic E-state index is 0.0284. The van der Waals surface area contributed by atoms with Crippen molar-refractivity contribution in [2.24, 2.45) is 5.14 Å². The second kappa shape index (κ2) is 11.8. The first-order chi connectivity index (χ1) is 19.7. The normalized spacial score (nSPS) is 17.7. The van der Waals surface area contributed by atoms with Crippen LogP contribution in [0.15, 0.2) is 41.3 Å². The van der Waals surface area contributed by atoms with E-state index in [1.165, 1.54) is 36.1 Å². The molecule has 0 bridgehead atoms. The van der Waals surface area contributed by atoms with Crippen molar-refractivity contribution in [3.05, 3.63) is 58.7 Å². The van der Waals surface area contributed by atoms with E-state index in [2.05, 4.69) is 10.6 Å². The van der Waals surface area contributed by atoms with Gasteiger partial charge in [-0.3, -0.25) is 19.3 Å². The molecule has 4 rings (SSSR count). The number of para-hydroxylation sites is 1. The summed E-state index contributed by atoms with van der Waals surface area (Å²) in [5.41, 5.74) is 0.504. The molecule has 2 aromatic carbocycles. The highest BCUT2D eigenvalue weighted by atomic mass is 32.2. The summed E-state index contributed by atoms with van der Waals surface area (Å²) in [5, 5.41) is 30.2. The van der Waals surface area contributed by atoms with Crippen molar-refractivity contribution in [2.45, 2.75) is 37.1 Å². The topological polar surface area (TPSA) is 226 Å². The molecule has 15 nitrogen and oxygen atoms in total. The summed E-state index contributed by atoms with van der Waals surface area (Å²) in [7, 11) is -5.76. The molecule has 222 valence electrons. The highest BCUT2D eigenvalue weighted by Gasteiger charge is 2.41. The zero-order valence-electron chi connectivity index (χ0n) is 22.6. The van der Waals surface area contributed by atoms with E-state index in [1.807, 2.05) is 0 Å². The molecule has 0 aromatic heterocycles. The molecular weight excluding hydrogens is 573 g/mol. The number of nitrogens with zero attached hydrogens (tertiary/aromatic N) is 2. The Morgan fingerprint density at radius 2 is 1.88 bits per heavy atom. The molecule has 2 aliphatic rings. The molecule has 2 atom stereocenters. The van der Waals surface area contributed by atoms with Crippen LogP contribution < -0.4 is 20.4 Å². The van der Waals surface area contributed by atoms with Gasteiger partial charge in [-0.25, -0.2) is 23.1 Å². The van der Waals surface area contributed by atoms with Gasteiger partial charge < -0.3 is 30.3 Å². The summed E-state index contributed by atoms with van der Waals surface area (Å²) in [4.78, 5) is 64.9. The number of aryl methyl sites for hydroxylation is 1. The number of hydrogen-bond donors (Lipinski definition) is 5. The summed E-state index contributed by atoms with van der Waals surface area (Å²) >= 11 is 0. The number of primary sulfonamides is 1. The lowest BCUT2D eigenvalue weighted by atomic mass is 9.72. The summed E-state index contributed by atoms with van der Waals surface area (Å²) in [6.07, 6.45) is -0.0284. The minimum Gasteiger partial charge on any atom is -0.534 e. The quantitative estimate of drug-likeness (QED) is 0.191. The Kier molecular flexibility index (Phi) is 8.56. The standard InChI is InChI=1S/C25H28BN5O10S/c1-3-30-9-10-31(23(34)22(30)33)25(37)29-19(14-7-8-17(13(2)11-14)42(27,39)40)21(32)28-18-12-15-5-4-6-16(24(35)36)20(15)41-26(18)38/h4-8,11,18-19,38H,3,9-10,12H2,1-2H3,(H,28,32)(H,29,37)(H,35,36)(H2,27,39,40)/t18-,19+/m0/s1. The van der Waals surface area contributed by atoms with Crippen LogP contribution in [0, 0.1) is 6.92 Å². The van der Waals surface area contributed by atoms with E-state index in [0.717, 1.165) is 6.07 Å². The molecule has 1 fully saturated rings. The van der Waals surface area contributed by atoms with E-state index in [0.29, 0.717) is 10.5 Å². The van der Waals surface area contributed by atoms with Crippen molar-refractivity contribution < 1.29 is 47.2 Å². The number of carbonyl (C=O) groups excluding carboxylic acids is 4. The summed E-state index contributed by atoms with van der Waals surface area (Å²) in [6.45, 7) is 3.35. The zero-order valence-corrected chi connectivity index (χ0v) is 23.4. The third-order valence-corrected chi connectivity index (χ3v) is 8.05. The number of benzene rings is 2. The maximum absolute atomic E-state index is 13.6. The number of aromatic carboxylic acids is 1. The lowest BCUT2D eigenvalue weighted by molar-refractivity contribution is -0.153. The fourth-order valence-corrected chi connectivity index (χ4v) is 5.59. The number of amides is 5. The minimum atomic E-state index is -4.10. The maximum atomic E-state index is 13.6. The molecule has 2 aliphatic heterocycles. The Morgan fingerprint density at radius 3 is 2.50 bits per heavy atom. The average Bonchev–Trinajstić information content (AvgIpc) is 2.92. The number of carboxylic acids is 1. The van der Waals surface area contributed by atoms with E-state index in [4.69, 9.17) is 9.79 Å². The summed E-state index contributed by atoms with van der Waals surface area (Å²) < 4.78 is 29.2. The zero-order chi connectivity index (χ0) is 30.9. The Hall–Kier alpha value is -4.48. The number of sulfonamides is 1. The molecule has 5 amide bonds. The van der Waals surface area contributed by atoms with Crippen molar-refractivity contribution >= 4 is 46.9 Å². The second-order valence-electron chi connectivity index (χ2n) is 9.72. The number of nitrogens with two attached hydrogens (primary N) is 1. The SMILES string of the molecule is CCN1CCN(C(=O)N[C@@H](C(=O)N[C@H]2Cc3cccc(C(=O)O)c3OB2O)c2ccc(S(N)(=O)=O)c(C)c2)C(=O)C1=O. The fourth-order valence-electron chi connectivity index (χ4n) is 4.83. The largest absolute Gasteiger partial charge is 0.547 e. The van der Waals surface area contributed by atoms with Crippen LogP contribution in [0.5, 0.6) is 5.75 Å². The van der Waals surface area contributed by atoms with E-state index in [1.54, 1.807) is 13.0 Å². The summed E-state index contributed by atoms with van der Waals surface area (Å²) in [5.74, 6) is -5.23. The third-order valence-electron chi connectivity index (χ3n) is 6.98. The Balaban J connectivity index is 1.63. The Morgan fingerprint density at radius 1 is 1.17 bits per heavy atom. The fraction of sp³-hybridized carbons (Fsp3) is 0.320. The molecule has 0 aliphatic carbocycles. The number of hydrogen-bond acceptors (Lipinski definition) is 9. The molecular formula is C25H28BN5O10S. The van der Waals surface area contributed by atoms with Crippen LogP contribution in [-0.4, -0.2) is 90.8 Å². The molecule has 0 unspecified atom stereocenters. The van der Waals surface area contributed by atoms with E-state index in [-0.39, 0.29) is 53.4 Å². The maximum Gasteiger partial charge on any atom is 0.547 e. The van der Waals surface area contributed by atoms with Crippen LogP contribution in [0.2, 0.25) is 0 Å². The first kappa shape index (κ1) is 30.5. The van der Waals surface area contributed by atoms with Crippen LogP contribution in [0.4, 0.5) is 4.79 Å². The van der Waals surface area contributed by atoms with Gasteiger partial charge in [-0.1, -0.05) is 24.3 Å². The van der Waals surface area contributed by atoms with Gasteiger partial charge in [0.05, 0.1) is 16.4 Å². The van der Waals surface area contributed by atoms with Gasteiger partial charge >= 0.3 is 30.9 Å². The summed E-state index contributed by atoms with van der Waals surface area (Å²) in [6, 6.07) is 5.50. The van der Waals surface area contributed by atoms with Gasteiger partial charge in [0.1, 0.15) is 11.8 Å². The number of carbonyl (C=O) groups is 5. The third kappa shape index (κ3) is 6.07. The van der Waals surface area contributed by atoms with Crippen molar-refractivity contribution in [3.8, 4) is 5.75 Å². The number of imide groups is 1. The van der Waals surface area contributed by atoms with Crippen LogP contribution in [0.1, 0.15) is 40.0 Å². The van der Waals surface area contributed by atoms with E-state index >= 15 is 0 Å². The number of fused-ring (bicyclic) bond motifs is 1. The highest BCUT2D eigenvalue weighted by Crippen LogP contribution is 2.30. The van der Waals surface area contributed by atoms with Crippen LogP contribution in [0.3, 0.4) is 0 Å². The number of piperazine rings is 1. The number of urea groups is 1. The van der Waals surface area contributed by atoms with Crippen molar-refractivity contribution in [1.29, 1.82) is 0 Å². The van der Waals surface area contributed by atoms with Gasteiger partial charge in [-0.15, -0.1) is 0 Å². The number of likely N-dealkylation sites (N-methyl/N-ethyl adjacent to an activating group) is 1. The number of rotatable bonds is 7. The molecule has 6 N–H and O–H groups in total. The second-order valence-corrected chi connectivity index (χ2v) is 11.3. The Labute approximate surface area is 240 Å². The van der Waals surface area contributed by atoms with E-state index in [9.17, 15) is 42.5 Å². The van der Waals surface area contributed by atoms with Gasteiger partial charge in [0.25, 0.3) is 0 Å².